The number of benzene rings is 1. The molecule has 2 heteroatoms. The standard InChI is InChI=1S/C14H21NO/c1-4-15-8-7-11-9-12(5-6-13(11)15)14(2,3)10-16/h5-6,9,16H,4,7-8,10H2,1-3H3. The number of hydrogen-bond donors (Lipinski definition) is 1. The number of rotatable bonds is 3. The highest BCUT2D eigenvalue weighted by Crippen LogP contribution is 2.32. The highest BCUT2D eigenvalue weighted by molar-refractivity contribution is 5.59. The SMILES string of the molecule is CCN1CCc2cc(C(C)(C)CO)ccc21. The van der Waals surface area contributed by atoms with Crippen LogP contribution >= 0.6 is 0 Å². The molecule has 0 radical (unpaired) electrons. The van der Waals surface area contributed by atoms with Crippen molar-refractivity contribution in [1.82, 2.24) is 0 Å². The zero-order valence-electron chi connectivity index (χ0n) is 10.5. The van der Waals surface area contributed by atoms with Gasteiger partial charge in [-0.15, -0.1) is 0 Å². The van der Waals surface area contributed by atoms with Gasteiger partial charge in [-0.3, -0.25) is 0 Å². The second kappa shape index (κ2) is 4.10. The first-order valence-electron chi connectivity index (χ1n) is 6.07. The van der Waals surface area contributed by atoms with Crippen LogP contribution in [0.2, 0.25) is 0 Å². The first-order chi connectivity index (χ1) is 7.58. The fraction of sp³-hybridized carbons (Fsp3) is 0.571. The smallest absolute Gasteiger partial charge is 0.0522 e. The van der Waals surface area contributed by atoms with Gasteiger partial charge in [0.25, 0.3) is 0 Å². The van der Waals surface area contributed by atoms with Crippen molar-refractivity contribution in [1.29, 1.82) is 0 Å². The molecular weight excluding hydrogens is 198 g/mol. The monoisotopic (exact) mass is 219 g/mol. The van der Waals surface area contributed by atoms with Gasteiger partial charge in [0.05, 0.1) is 6.61 Å². The van der Waals surface area contributed by atoms with E-state index >= 15 is 0 Å². The molecule has 0 amide bonds. The summed E-state index contributed by atoms with van der Waals surface area (Å²) < 4.78 is 0. The Hall–Kier alpha value is -1.02. The average molecular weight is 219 g/mol. The second-order valence-electron chi connectivity index (χ2n) is 5.22. The highest BCUT2D eigenvalue weighted by Gasteiger charge is 2.23. The summed E-state index contributed by atoms with van der Waals surface area (Å²) in [5.74, 6) is 0. The summed E-state index contributed by atoms with van der Waals surface area (Å²) in [6.45, 7) is 8.77. The van der Waals surface area contributed by atoms with Gasteiger partial charge in [-0.2, -0.15) is 0 Å². The topological polar surface area (TPSA) is 23.5 Å². The van der Waals surface area contributed by atoms with Gasteiger partial charge in [0, 0.05) is 24.2 Å². The largest absolute Gasteiger partial charge is 0.395 e. The minimum absolute atomic E-state index is 0.130. The van der Waals surface area contributed by atoms with Crippen LogP contribution in [0, 0.1) is 0 Å². The van der Waals surface area contributed by atoms with Gasteiger partial charge < -0.3 is 10.0 Å². The molecule has 1 aromatic carbocycles. The number of hydrogen-bond acceptors (Lipinski definition) is 2. The summed E-state index contributed by atoms with van der Waals surface area (Å²) in [4.78, 5) is 2.41. The molecule has 0 saturated carbocycles. The Labute approximate surface area is 97.9 Å². The zero-order chi connectivity index (χ0) is 11.8. The fourth-order valence-electron chi connectivity index (χ4n) is 2.31. The molecule has 0 aliphatic carbocycles. The van der Waals surface area contributed by atoms with E-state index in [4.69, 9.17) is 0 Å². The third-order valence-corrected chi connectivity index (χ3v) is 3.63. The molecule has 0 spiro atoms. The van der Waals surface area contributed by atoms with Gasteiger partial charge in [-0.25, -0.2) is 0 Å². The Morgan fingerprint density at radius 1 is 1.38 bits per heavy atom. The third-order valence-electron chi connectivity index (χ3n) is 3.63. The normalized spacial score (nSPS) is 15.4. The third kappa shape index (κ3) is 1.82. The van der Waals surface area contributed by atoms with Crippen molar-refractivity contribution in [3.8, 4) is 0 Å². The molecule has 1 heterocycles. The molecule has 0 saturated heterocycles. The van der Waals surface area contributed by atoms with E-state index in [1.54, 1.807) is 0 Å². The molecule has 0 aromatic heterocycles. The summed E-state index contributed by atoms with van der Waals surface area (Å²) >= 11 is 0. The van der Waals surface area contributed by atoms with Crippen LogP contribution in [0.4, 0.5) is 5.69 Å². The van der Waals surface area contributed by atoms with Crippen LogP contribution in [0.3, 0.4) is 0 Å². The summed E-state index contributed by atoms with van der Waals surface area (Å²) in [6.07, 6.45) is 1.14. The minimum atomic E-state index is -0.130. The van der Waals surface area contributed by atoms with Crippen LogP contribution < -0.4 is 4.90 Å². The van der Waals surface area contributed by atoms with Crippen LogP contribution in [0.1, 0.15) is 31.9 Å². The molecule has 0 bridgehead atoms. The lowest BCUT2D eigenvalue weighted by molar-refractivity contribution is 0.218. The Balaban J connectivity index is 2.35. The van der Waals surface area contributed by atoms with Crippen LogP contribution in [0.25, 0.3) is 0 Å². The number of aliphatic hydroxyl groups is 1. The molecule has 1 aliphatic heterocycles. The number of nitrogens with zero attached hydrogens (tertiary/aromatic N) is 1. The molecule has 2 nitrogen and oxygen atoms in total. The van der Waals surface area contributed by atoms with Crippen LogP contribution in [0.15, 0.2) is 18.2 Å². The Morgan fingerprint density at radius 3 is 2.75 bits per heavy atom. The number of anilines is 1. The Bertz CT molecular complexity index is 384. The maximum atomic E-state index is 9.38. The quantitative estimate of drug-likeness (QED) is 0.843. The predicted molar refractivity (Wildman–Crippen MR) is 68.1 cm³/mol. The molecule has 0 atom stereocenters. The number of likely N-dealkylation sites (N-methyl/N-ethyl adjacent to an activating group) is 1. The van der Waals surface area contributed by atoms with Crippen molar-refractivity contribution in [2.45, 2.75) is 32.6 Å². The van der Waals surface area contributed by atoms with Gasteiger partial charge in [0.15, 0.2) is 0 Å². The van der Waals surface area contributed by atoms with Crippen LogP contribution in [0.5, 0.6) is 0 Å². The van der Waals surface area contributed by atoms with E-state index in [2.05, 4.69) is 43.9 Å². The van der Waals surface area contributed by atoms with Crippen molar-refractivity contribution in [2.75, 3.05) is 24.6 Å². The second-order valence-corrected chi connectivity index (χ2v) is 5.22. The lowest BCUT2D eigenvalue weighted by Gasteiger charge is -2.24. The van der Waals surface area contributed by atoms with E-state index in [1.165, 1.54) is 16.8 Å². The number of fused-ring (bicyclic) bond motifs is 1. The van der Waals surface area contributed by atoms with E-state index in [-0.39, 0.29) is 12.0 Å². The van der Waals surface area contributed by atoms with E-state index < -0.39 is 0 Å². The predicted octanol–water partition coefficient (Wildman–Crippen LogP) is 2.34. The fourth-order valence-corrected chi connectivity index (χ4v) is 2.31. The lowest BCUT2D eigenvalue weighted by atomic mass is 9.84. The average Bonchev–Trinajstić information content (AvgIpc) is 2.70. The first-order valence-corrected chi connectivity index (χ1v) is 6.07. The molecule has 1 aromatic rings. The number of aliphatic hydroxyl groups excluding tert-OH is 1. The maximum Gasteiger partial charge on any atom is 0.0522 e. The van der Waals surface area contributed by atoms with Gasteiger partial charge in [0.2, 0.25) is 0 Å². The van der Waals surface area contributed by atoms with Crippen molar-refractivity contribution in [3.63, 3.8) is 0 Å². The molecular formula is C14H21NO. The molecule has 1 N–H and O–H groups in total. The van der Waals surface area contributed by atoms with Crippen molar-refractivity contribution < 1.29 is 5.11 Å². The molecule has 2 rings (SSSR count). The summed E-state index contributed by atoms with van der Waals surface area (Å²) in [5.41, 5.74) is 3.92. The van der Waals surface area contributed by atoms with E-state index in [0.29, 0.717) is 0 Å². The molecule has 16 heavy (non-hydrogen) atoms. The molecule has 0 fully saturated rings. The van der Waals surface area contributed by atoms with E-state index in [1.807, 2.05) is 0 Å². The van der Waals surface area contributed by atoms with Gasteiger partial charge >= 0.3 is 0 Å². The maximum absolute atomic E-state index is 9.38. The Morgan fingerprint density at radius 2 is 2.12 bits per heavy atom. The summed E-state index contributed by atoms with van der Waals surface area (Å²) in [6, 6.07) is 6.63. The van der Waals surface area contributed by atoms with Gasteiger partial charge in [0.1, 0.15) is 0 Å². The van der Waals surface area contributed by atoms with Crippen LogP contribution in [-0.4, -0.2) is 24.8 Å². The first kappa shape index (κ1) is 11.5. The minimum Gasteiger partial charge on any atom is -0.395 e. The Kier molecular flexibility index (Phi) is 2.94. The van der Waals surface area contributed by atoms with E-state index in [9.17, 15) is 5.11 Å². The lowest BCUT2D eigenvalue weighted by Crippen LogP contribution is -2.22. The molecule has 0 unspecified atom stereocenters. The highest BCUT2D eigenvalue weighted by atomic mass is 16.3. The van der Waals surface area contributed by atoms with Crippen LogP contribution in [-0.2, 0) is 11.8 Å². The zero-order valence-corrected chi connectivity index (χ0v) is 10.5. The van der Waals surface area contributed by atoms with Crippen molar-refractivity contribution in [3.05, 3.63) is 29.3 Å². The van der Waals surface area contributed by atoms with Gasteiger partial charge in [-0.1, -0.05) is 26.0 Å². The van der Waals surface area contributed by atoms with Crippen molar-refractivity contribution in [2.24, 2.45) is 0 Å². The van der Waals surface area contributed by atoms with Crippen molar-refractivity contribution >= 4 is 5.69 Å². The van der Waals surface area contributed by atoms with E-state index in [0.717, 1.165) is 19.5 Å². The molecule has 88 valence electrons. The summed E-state index contributed by atoms with van der Waals surface area (Å²) in [5, 5.41) is 9.38. The molecule has 1 aliphatic rings. The van der Waals surface area contributed by atoms with Gasteiger partial charge in [-0.05, 0) is 30.5 Å². The summed E-state index contributed by atoms with van der Waals surface area (Å²) in [7, 11) is 0.